The second kappa shape index (κ2) is 8.90. The van der Waals surface area contributed by atoms with Crippen LogP contribution in [0.2, 0.25) is 0 Å². The highest BCUT2D eigenvalue weighted by atomic mass is 79.9. The Kier molecular flexibility index (Phi) is 5.81. The Morgan fingerprint density at radius 3 is 2.82 bits per heavy atom. The first-order valence-electron chi connectivity index (χ1n) is 10.7. The van der Waals surface area contributed by atoms with E-state index in [-0.39, 0.29) is 30.6 Å². The Morgan fingerprint density at radius 2 is 1.97 bits per heavy atom. The molecular formula is C26H22BrNO5. The first-order chi connectivity index (χ1) is 16.0. The SMILES string of the molecule is COC(=O)Cc1cccc(Oc2ccc(Br)cc2CN2C(=O)O[C@@H]3Cc4ccccc4[C@@H]32)c1. The molecule has 0 unspecified atom stereocenters. The maximum atomic E-state index is 12.7. The summed E-state index contributed by atoms with van der Waals surface area (Å²) in [6, 6.07) is 21.1. The predicted molar refractivity (Wildman–Crippen MR) is 125 cm³/mol. The van der Waals surface area contributed by atoms with Crippen molar-refractivity contribution >= 4 is 28.0 Å². The molecule has 0 spiro atoms. The number of fused-ring (bicyclic) bond motifs is 3. The molecule has 1 saturated heterocycles. The fraction of sp³-hybridized carbons (Fsp3) is 0.231. The lowest BCUT2D eigenvalue weighted by molar-refractivity contribution is -0.139. The van der Waals surface area contributed by atoms with Gasteiger partial charge in [0.2, 0.25) is 0 Å². The number of halogens is 1. The Bertz CT molecular complexity index is 1230. The van der Waals surface area contributed by atoms with E-state index in [1.165, 1.54) is 12.7 Å². The summed E-state index contributed by atoms with van der Waals surface area (Å²) < 4.78 is 17.5. The second-order valence-corrected chi connectivity index (χ2v) is 9.07. The normalized spacial score (nSPS) is 18.5. The van der Waals surface area contributed by atoms with Gasteiger partial charge in [0.15, 0.2) is 0 Å². The van der Waals surface area contributed by atoms with Gasteiger partial charge in [0.25, 0.3) is 0 Å². The van der Waals surface area contributed by atoms with Crippen molar-refractivity contribution in [2.75, 3.05) is 7.11 Å². The van der Waals surface area contributed by atoms with Crippen LogP contribution >= 0.6 is 15.9 Å². The Hall–Kier alpha value is -3.32. The number of carbonyl (C=O) groups is 2. The summed E-state index contributed by atoms with van der Waals surface area (Å²) in [7, 11) is 1.37. The molecule has 1 aliphatic heterocycles. The fourth-order valence-electron chi connectivity index (χ4n) is 4.53. The molecule has 168 valence electrons. The molecule has 7 heteroatoms. The minimum atomic E-state index is -0.314. The van der Waals surface area contributed by atoms with E-state index >= 15 is 0 Å². The smallest absolute Gasteiger partial charge is 0.411 e. The molecule has 1 amide bonds. The van der Waals surface area contributed by atoms with Crippen molar-refractivity contribution in [1.82, 2.24) is 4.90 Å². The summed E-state index contributed by atoms with van der Waals surface area (Å²) in [5, 5.41) is 0. The summed E-state index contributed by atoms with van der Waals surface area (Å²) >= 11 is 3.53. The lowest BCUT2D eigenvalue weighted by Crippen LogP contribution is -2.27. The highest BCUT2D eigenvalue weighted by molar-refractivity contribution is 9.10. The molecule has 0 bridgehead atoms. The number of methoxy groups -OCH3 is 1. The van der Waals surface area contributed by atoms with Crippen LogP contribution in [0, 0.1) is 0 Å². The van der Waals surface area contributed by atoms with E-state index in [9.17, 15) is 9.59 Å². The van der Waals surface area contributed by atoms with Crippen molar-refractivity contribution in [3.8, 4) is 11.5 Å². The quantitative estimate of drug-likeness (QED) is 0.407. The van der Waals surface area contributed by atoms with Gasteiger partial charge in [-0.05, 0) is 47.0 Å². The van der Waals surface area contributed by atoms with Gasteiger partial charge in [-0.3, -0.25) is 9.69 Å². The third-order valence-corrected chi connectivity index (χ3v) is 6.53. The minimum Gasteiger partial charge on any atom is -0.469 e. The van der Waals surface area contributed by atoms with E-state index < -0.39 is 0 Å². The van der Waals surface area contributed by atoms with E-state index in [4.69, 9.17) is 14.2 Å². The van der Waals surface area contributed by atoms with Crippen molar-refractivity contribution in [2.45, 2.75) is 31.5 Å². The van der Waals surface area contributed by atoms with Gasteiger partial charge in [-0.25, -0.2) is 4.79 Å². The number of nitrogens with zero attached hydrogens (tertiary/aromatic N) is 1. The topological polar surface area (TPSA) is 65.1 Å². The molecule has 5 rings (SSSR count). The van der Waals surface area contributed by atoms with Crippen molar-refractivity contribution < 1.29 is 23.8 Å². The first kappa shape index (κ1) is 21.5. The van der Waals surface area contributed by atoms with Gasteiger partial charge in [0.1, 0.15) is 17.6 Å². The Labute approximate surface area is 200 Å². The molecule has 0 radical (unpaired) electrons. The number of carbonyl (C=O) groups excluding carboxylic acids is 2. The van der Waals surface area contributed by atoms with E-state index in [1.54, 1.807) is 4.90 Å². The molecule has 1 heterocycles. The third-order valence-electron chi connectivity index (χ3n) is 6.04. The van der Waals surface area contributed by atoms with Crippen molar-refractivity contribution in [2.24, 2.45) is 0 Å². The van der Waals surface area contributed by atoms with E-state index in [1.807, 2.05) is 54.6 Å². The van der Waals surface area contributed by atoms with Crippen LogP contribution in [-0.2, 0) is 33.7 Å². The first-order valence-corrected chi connectivity index (χ1v) is 11.5. The molecule has 33 heavy (non-hydrogen) atoms. The maximum absolute atomic E-state index is 12.7. The molecule has 0 N–H and O–H groups in total. The molecule has 2 aliphatic rings. The summed E-state index contributed by atoms with van der Waals surface area (Å²) in [6.45, 7) is 0.352. The van der Waals surface area contributed by atoms with Crippen molar-refractivity contribution in [3.63, 3.8) is 0 Å². The lowest BCUT2D eigenvalue weighted by atomic mass is 10.1. The number of benzene rings is 3. The van der Waals surface area contributed by atoms with Gasteiger partial charge >= 0.3 is 12.1 Å². The van der Waals surface area contributed by atoms with Crippen LogP contribution in [0.25, 0.3) is 0 Å². The molecule has 3 aromatic rings. The summed E-state index contributed by atoms with van der Waals surface area (Å²) in [5.41, 5.74) is 4.01. The molecule has 2 atom stereocenters. The molecule has 1 aliphatic carbocycles. The fourth-order valence-corrected chi connectivity index (χ4v) is 4.93. The number of hydrogen-bond acceptors (Lipinski definition) is 5. The van der Waals surface area contributed by atoms with Gasteiger partial charge < -0.3 is 14.2 Å². The highest BCUT2D eigenvalue weighted by Gasteiger charge is 2.47. The number of hydrogen-bond donors (Lipinski definition) is 0. The second-order valence-electron chi connectivity index (χ2n) is 8.15. The van der Waals surface area contributed by atoms with E-state index in [0.717, 1.165) is 27.6 Å². The monoisotopic (exact) mass is 507 g/mol. The van der Waals surface area contributed by atoms with Crippen LogP contribution in [0.5, 0.6) is 11.5 Å². The largest absolute Gasteiger partial charge is 0.469 e. The van der Waals surface area contributed by atoms with Gasteiger partial charge in [0, 0.05) is 16.5 Å². The van der Waals surface area contributed by atoms with Crippen molar-refractivity contribution in [1.29, 1.82) is 0 Å². The zero-order chi connectivity index (χ0) is 22.9. The minimum absolute atomic E-state index is 0.107. The summed E-state index contributed by atoms with van der Waals surface area (Å²) in [6.07, 6.45) is 0.424. The van der Waals surface area contributed by atoms with Gasteiger partial charge in [0.05, 0.1) is 26.1 Å². The van der Waals surface area contributed by atoms with Crippen LogP contribution in [0.4, 0.5) is 4.79 Å². The predicted octanol–water partition coefficient (Wildman–Crippen LogP) is 5.58. The number of ether oxygens (including phenoxy) is 3. The molecular weight excluding hydrogens is 486 g/mol. The number of amides is 1. The zero-order valence-electron chi connectivity index (χ0n) is 18.0. The number of rotatable bonds is 6. The lowest BCUT2D eigenvalue weighted by Gasteiger charge is -2.23. The van der Waals surface area contributed by atoms with Gasteiger partial charge in [-0.1, -0.05) is 52.3 Å². The van der Waals surface area contributed by atoms with Crippen LogP contribution in [-0.4, -0.2) is 30.2 Å². The van der Waals surface area contributed by atoms with Crippen LogP contribution < -0.4 is 4.74 Å². The maximum Gasteiger partial charge on any atom is 0.411 e. The van der Waals surface area contributed by atoms with E-state index in [2.05, 4.69) is 28.1 Å². The average molecular weight is 508 g/mol. The van der Waals surface area contributed by atoms with Crippen LogP contribution in [0.3, 0.4) is 0 Å². The standard InChI is InChI=1S/C26H22BrNO5/c1-31-24(29)12-16-5-4-7-20(11-16)32-22-10-9-19(27)13-18(22)15-28-25-21-8-3-2-6-17(21)14-23(25)33-26(28)30/h2-11,13,23,25H,12,14-15H2,1H3/t23-,25+/m1/s1. The molecule has 6 nitrogen and oxygen atoms in total. The van der Waals surface area contributed by atoms with Crippen LogP contribution in [0.15, 0.2) is 71.2 Å². The third kappa shape index (κ3) is 4.33. The zero-order valence-corrected chi connectivity index (χ0v) is 19.6. The molecule has 0 aromatic heterocycles. The average Bonchev–Trinajstić information content (AvgIpc) is 3.31. The van der Waals surface area contributed by atoms with Crippen LogP contribution in [0.1, 0.15) is 28.3 Å². The van der Waals surface area contributed by atoms with Gasteiger partial charge in [-0.2, -0.15) is 0 Å². The summed E-state index contributed by atoms with van der Waals surface area (Å²) in [4.78, 5) is 26.1. The molecule has 0 saturated carbocycles. The van der Waals surface area contributed by atoms with Crippen molar-refractivity contribution in [3.05, 3.63) is 93.5 Å². The summed E-state index contributed by atoms with van der Waals surface area (Å²) in [5.74, 6) is 0.930. The highest BCUT2D eigenvalue weighted by Crippen LogP contribution is 2.44. The molecule has 1 fully saturated rings. The van der Waals surface area contributed by atoms with E-state index in [0.29, 0.717) is 18.0 Å². The molecule has 3 aromatic carbocycles. The van der Waals surface area contributed by atoms with Gasteiger partial charge in [-0.15, -0.1) is 0 Å². The number of esters is 1. The Morgan fingerprint density at radius 1 is 1.12 bits per heavy atom. The Balaban J connectivity index is 1.41.